The van der Waals surface area contributed by atoms with Crippen molar-refractivity contribution in [1.82, 2.24) is 4.90 Å². The Bertz CT molecular complexity index is 163. The van der Waals surface area contributed by atoms with Crippen LogP contribution in [0.1, 0.15) is 39.0 Å². The fraction of sp³-hybridized carbons (Fsp3) is 1.00. The normalized spacial score (nSPS) is 35.0. The summed E-state index contributed by atoms with van der Waals surface area (Å²) in [6.45, 7) is 4.52. The highest BCUT2D eigenvalue weighted by atomic mass is 15.3. The lowest BCUT2D eigenvalue weighted by atomic mass is 10.00. The van der Waals surface area contributed by atoms with Crippen molar-refractivity contribution in [3.8, 4) is 0 Å². The van der Waals surface area contributed by atoms with Gasteiger partial charge in [-0.05, 0) is 39.2 Å². The molecule has 0 aromatic carbocycles. The van der Waals surface area contributed by atoms with Crippen LogP contribution in [0.15, 0.2) is 0 Å². The van der Waals surface area contributed by atoms with Crippen molar-refractivity contribution in [2.45, 2.75) is 50.6 Å². The molecule has 0 radical (unpaired) electrons. The van der Waals surface area contributed by atoms with Crippen molar-refractivity contribution in [3.63, 3.8) is 0 Å². The SMILES string of the molecule is CC1CCCCN1C1(CN)CC1. The first kappa shape index (κ1) is 8.52. The third-order valence-corrected chi connectivity index (χ3v) is 3.62. The lowest BCUT2D eigenvalue weighted by Gasteiger charge is -2.39. The molecule has 1 atom stereocenters. The second-order valence-corrected chi connectivity index (χ2v) is 4.47. The molecule has 2 nitrogen and oxygen atoms in total. The molecule has 1 saturated carbocycles. The van der Waals surface area contributed by atoms with Crippen LogP contribution in [0, 0.1) is 0 Å². The molecule has 0 bridgehead atoms. The van der Waals surface area contributed by atoms with E-state index in [9.17, 15) is 0 Å². The van der Waals surface area contributed by atoms with E-state index in [-0.39, 0.29) is 0 Å². The molecule has 2 heteroatoms. The zero-order chi connectivity index (χ0) is 8.60. The average molecular weight is 168 g/mol. The first-order valence-electron chi connectivity index (χ1n) is 5.25. The minimum Gasteiger partial charge on any atom is -0.329 e. The molecular formula is C10H20N2. The van der Waals surface area contributed by atoms with E-state index >= 15 is 0 Å². The summed E-state index contributed by atoms with van der Waals surface area (Å²) in [5.41, 5.74) is 6.26. The van der Waals surface area contributed by atoms with Crippen molar-refractivity contribution < 1.29 is 0 Å². The van der Waals surface area contributed by atoms with Gasteiger partial charge in [0.15, 0.2) is 0 Å². The van der Waals surface area contributed by atoms with Crippen LogP contribution in [0.25, 0.3) is 0 Å². The summed E-state index contributed by atoms with van der Waals surface area (Å²) in [6, 6.07) is 0.782. The van der Waals surface area contributed by atoms with Crippen LogP contribution >= 0.6 is 0 Å². The summed E-state index contributed by atoms with van der Waals surface area (Å²) < 4.78 is 0. The zero-order valence-electron chi connectivity index (χ0n) is 8.05. The molecule has 12 heavy (non-hydrogen) atoms. The lowest BCUT2D eigenvalue weighted by Crippen LogP contribution is -2.50. The van der Waals surface area contributed by atoms with Crippen molar-refractivity contribution in [2.24, 2.45) is 5.73 Å². The Kier molecular flexibility index (Phi) is 2.13. The Hall–Kier alpha value is -0.0800. The van der Waals surface area contributed by atoms with E-state index in [2.05, 4.69) is 11.8 Å². The minimum atomic E-state index is 0.444. The Balaban J connectivity index is 2.01. The van der Waals surface area contributed by atoms with E-state index < -0.39 is 0 Å². The molecule has 1 aliphatic carbocycles. The molecule has 0 spiro atoms. The topological polar surface area (TPSA) is 29.3 Å². The number of nitrogens with zero attached hydrogens (tertiary/aromatic N) is 1. The fourth-order valence-electron chi connectivity index (χ4n) is 2.56. The quantitative estimate of drug-likeness (QED) is 0.674. The molecule has 0 aromatic rings. The highest BCUT2D eigenvalue weighted by Crippen LogP contribution is 2.43. The summed E-state index contributed by atoms with van der Waals surface area (Å²) in [4.78, 5) is 2.66. The second-order valence-electron chi connectivity index (χ2n) is 4.47. The Morgan fingerprint density at radius 1 is 1.42 bits per heavy atom. The number of hydrogen-bond donors (Lipinski definition) is 1. The van der Waals surface area contributed by atoms with E-state index in [1.54, 1.807) is 0 Å². The highest BCUT2D eigenvalue weighted by Gasteiger charge is 2.48. The van der Waals surface area contributed by atoms with Gasteiger partial charge in [0.25, 0.3) is 0 Å². The Labute approximate surface area is 75.1 Å². The summed E-state index contributed by atoms with van der Waals surface area (Å²) >= 11 is 0. The number of piperidine rings is 1. The van der Waals surface area contributed by atoms with Gasteiger partial charge >= 0.3 is 0 Å². The first-order valence-corrected chi connectivity index (χ1v) is 5.25. The Morgan fingerprint density at radius 2 is 2.17 bits per heavy atom. The van der Waals surface area contributed by atoms with E-state index in [0.29, 0.717) is 5.54 Å². The van der Waals surface area contributed by atoms with Crippen molar-refractivity contribution in [3.05, 3.63) is 0 Å². The van der Waals surface area contributed by atoms with Crippen molar-refractivity contribution >= 4 is 0 Å². The summed E-state index contributed by atoms with van der Waals surface area (Å²) in [5, 5.41) is 0. The van der Waals surface area contributed by atoms with Gasteiger partial charge in [-0.2, -0.15) is 0 Å². The van der Waals surface area contributed by atoms with Gasteiger partial charge in [-0.3, -0.25) is 4.90 Å². The number of likely N-dealkylation sites (tertiary alicyclic amines) is 1. The van der Waals surface area contributed by atoms with Crippen LogP contribution < -0.4 is 5.73 Å². The summed E-state index contributed by atoms with van der Waals surface area (Å²) in [6.07, 6.45) is 6.85. The van der Waals surface area contributed by atoms with Crippen LogP contribution in [0.2, 0.25) is 0 Å². The Morgan fingerprint density at radius 3 is 2.67 bits per heavy atom. The number of rotatable bonds is 2. The third kappa shape index (κ3) is 1.27. The zero-order valence-corrected chi connectivity index (χ0v) is 8.05. The van der Waals surface area contributed by atoms with Gasteiger partial charge in [0.2, 0.25) is 0 Å². The molecule has 2 aliphatic rings. The molecular weight excluding hydrogens is 148 g/mol. The molecule has 1 unspecified atom stereocenters. The third-order valence-electron chi connectivity index (χ3n) is 3.62. The van der Waals surface area contributed by atoms with Crippen LogP contribution in [0.3, 0.4) is 0 Å². The standard InChI is InChI=1S/C10H20N2/c1-9-4-2-3-7-12(9)10(8-11)5-6-10/h9H,2-8,11H2,1H3. The van der Waals surface area contributed by atoms with Gasteiger partial charge in [-0.1, -0.05) is 6.42 Å². The second kappa shape index (κ2) is 3.00. The van der Waals surface area contributed by atoms with Gasteiger partial charge in [0, 0.05) is 18.1 Å². The summed E-state index contributed by atoms with van der Waals surface area (Å²) in [7, 11) is 0. The smallest absolute Gasteiger partial charge is 0.0335 e. The number of hydrogen-bond acceptors (Lipinski definition) is 2. The molecule has 70 valence electrons. The molecule has 0 aromatic heterocycles. The van der Waals surface area contributed by atoms with Crippen molar-refractivity contribution in [2.75, 3.05) is 13.1 Å². The van der Waals surface area contributed by atoms with E-state index in [1.165, 1.54) is 38.6 Å². The van der Waals surface area contributed by atoms with E-state index in [0.717, 1.165) is 12.6 Å². The average Bonchev–Trinajstić information content (AvgIpc) is 2.86. The highest BCUT2D eigenvalue weighted by molar-refractivity contribution is 5.06. The van der Waals surface area contributed by atoms with Crippen LogP contribution in [-0.4, -0.2) is 29.6 Å². The van der Waals surface area contributed by atoms with Gasteiger partial charge in [0.1, 0.15) is 0 Å². The van der Waals surface area contributed by atoms with Crippen LogP contribution in [-0.2, 0) is 0 Å². The van der Waals surface area contributed by atoms with E-state index in [4.69, 9.17) is 5.73 Å². The minimum absolute atomic E-state index is 0.444. The summed E-state index contributed by atoms with van der Waals surface area (Å²) in [5.74, 6) is 0. The van der Waals surface area contributed by atoms with Gasteiger partial charge in [0.05, 0.1) is 0 Å². The maximum absolute atomic E-state index is 5.82. The maximum atomic E-state index is 5.82. The van der Waals surface area contributed by atoms with Gasteiger partial charge < -0.3 is 5.73 Å². The molecule has 1 aliphatic heterocycles. The van der Waals surface area contributed by atoms with E-state index in [1.807, 2.05) is 0 Å². The molecule has 1 saturated heterocycles. The molecule has 2 fully saturated rings. The molecule has 0 amide bonds. The first-order chi connectivity index (χ1) is 5.78. The molecule has 1 heterocycles. The maximum Gasteiger partial charge on any atom is 0.0335 e. The molecule has 2 N–H and O–H groups in total. The molecule has 2 rings (SSSR count). The monoisotopic (exact) mass is 168 g/mol. The number of nitrogens with two attached hydrogens (primary N) is 1. The predicted molar refractivity (Wildman–Crippen MR) is 51.0 cm³/mol. The fourth-order valence-corrected chi connectivity index (χ4v) is 2.56. The van der Waals surface area contributed by atoms with Gasteiger partial charge in [-0.15, -0.1) is 0 Å². The van der Waals surface area contributed by atoms with Gasteiger partial charge in [-0.25, -0.2) is 0 Å². The van der Waals surface area contributed by atoms with Crippen LogP contribution in [0.4, 0.5) is 0 Å². The lowest BCUT2D eigenvalue weighted by molar-refractivity contribution is 0.0941. The largest absolute Gasteiger partial charge is 0.329 e. The van der Waals surface area contributed by atoms with Crippen molar-refractivity contribution in [1.29, 1.82) is 0 Å². The predicted octanol–water partition coefficient (Wildman–Crippen LogP) is 1.35. The van der Waals surface area contributed by atoms with Crippen LogP contribution in [0.5, 0.6) is 0 Å².